The third-order valence-electron chi connectivity index (χ3n) is 5.31. The largest absolute Gasteiger partial charge is 0.382 e. The summed E-state index contributed by atoms with van der Waals surface area (Å²) in [5.74, 6) is 0.953. The van der Waals surface area contributed by atoms with Gasteiger partial charge in [0, 0.05) is 6.04 Å². The van der Waals surface area contributed by atoms with Crippen LogP contribution in [0.4, 0.5) is 11.6 Å². The van der Waals surface area contributed by atoms with Crippen molar-refractivity contribution in [1.82, 2.24) is 24.8 Å². The molecule has 1 unspecified atom stereocenters. The molecule has 0 saturated carbocycles. The van der Waals surface area contributed by atoms with Gasteiger partial charge >= 0.3 is 0 Å². The van der Waals surface area contributed by atoms with Crippen molar-refractivity contribution in [2.75, 3.05) is 24.1 Å². The van der Waals surface area contributed by atoms with Crippen molar-refractivity contribution in [3.8, 4) is 6.07 Å². The Kier molecular flexibility index (Phi) is 5.53. The van der Waals surface area contributed by atoms with E-state index < -0.39 is 6.04 Å². The minimum atomic E-state index is -0.419. The molecule has 4 N–H and O–H groups in total. The van der Waals surface area contributed by atoms with Crippen molar-refractivity contribution in [1.29, 1.82) is 5.26 Å². The lowest BCUT2D eigenvalue weighted by Crippen LogP contribution is -2.37. The van der Waals surface area contributed by atoms with Crippen LogP contribution in [0.5, 0.6) is 0 Å². The Bertz CT molecular complexity index is 1200. The molecule has 1 atom stereocenters. The SMILES string of the molecule is CC(Nc1ncnc(N)c1C#N)c1nc2cccc(Cl)c2c(=O)n1C1CCNCC1. The number of piperidine rings is 1. The fourth-order valence-corrected chi connectivity index (χ4v) is 4.08. The Labute approximate surface area is 177 Å². The molecule has 0 aliphatic carbocycles. The van der Waals surface area contributed by atoms with Crippen molar-refractivity contribution in [3.05, 3.63) is 51.3 Å². The number of fused-ring (bicyclic) bond motifs is 1. The van der Waals surface area contributed by atoms with Gasteiger partial charge in [0.1, 0.15) is 35.4 Å². The lowest BCUT2D eigenvalue weighted by Gasteiger charge is -2.29. The van der Waals surface area contributed by atoms with Gasteiger partial charge in [0.05, 0.1) is 22.0 Å². The van der Waals surface area contributed by atoms with E-state index in [-0.39, 0.29) is 23.0 Å². The van der Waals surface area contributed by atoms with Gasteiger partial charge in [-0.1, -0.05) is 17.7 Å². The summed E-state index contributed by atoms with van der Waals surface area (Å²) in [5.41, 5.74) is 6.33. The first-order chi connectivity index (χ1) is 14.5. The van der Waals surface area contributed by atoms with Gasteiger partial charge in [-0.2, -0.15) is 5.26 Å². The van der Waals surface area contributed by atoms with Crippen LogP contribution in [0.1, 0.15) is 43.2 Å². The van der Waals surface area contributed by atoms with E-state index in [9.17, 15) is 10.1 Å². The topological polar surface area (TPSA) is 135 Å². The number of nitriles is 1. The average molecular weight is 425 g/mol. The number of nitrogen functional groups attached to an aromatic ring is 1. The van der Waals surface area contributed by atoms with Crippen LogP contribution in [0.2, 0.25) is 5.02 Å². The predicted octanol–water partition coefficient (Wildman–Crippen LogP) is 2.39. The zero-order chi connectivity index (χ0) is 21.3. The molecule has 154 valence electrons. The molecular weight excluding hydrogens is 404 g/mol. The lowest BCUT2D eigenvalue weighted by atomic mass is 10.0. The van der Waals surface area contributed by atoms with Gasteiger partial charge in [0.25, 0.3) is 5.56 Å². The molecule has 2 aromatic heterocycles. The Balaban J connectivity index is 1.86. The Morgan fingerprint density at radius 3 is 2.87 bits per heavy atom. The molecule has 10 heteroatoms. The molecule has 9 nitrogen and oxygen atoms in total. The van der Waals surface area contributed by atoms with E-state index in [1.54, 1.807) is 22.8 Å². The van der Waals surface area contributed by atoms with E-state index in [1.165, 1.54) is 6.33 Å². The number of anilines is 2. The molecule has 0 bridgehead atoms. The van der Waals surface area contributed by atoms with Gasteiger partial charge < -0.3 is 16.4 Å². The minimum absolute atomic E-state index is 0.00270. The number of nitrogens with zero attached hydrogens (tertiary/aromatic N) is 5. The number of aromatic nitrogens is 4. The van der Waals surface area contributed by atoms with Gasteiger partial charge in [-0.15, -0.1) is 0 Å². The second-order valence-electron chi connectivity index (χ2n) is 7.22. The molecule has 1 aliphatic rings. The summed E-state index contributed by atoms with van der Waals surface area (Å²) in [7, 11) is 0. The van der Waals surface area contributed by atoms with E-state index in [4.69, 9.17) is 22.3 Å². The number of nitrogens with one attached hydrogen (secondary N) is 2. The first-order valence-corrected chi connectivity index (χ1v) is 10.1. The van der Waals surface area contributed by atoms with Crippen LogP contribution < -0.4 is 21.9 Å². The number of nitrogens with two attached hydrogens (primary N) is 1. The van der Waals surface area contributed by atoms with Crippen LogP contribution in [-0.2, 0) is 0 Å². The number of hydrogen-bond acceptors (Lipinski definition) is 8. The van der Waals surface area contributed by atoms with Gasteiger partial charge in [-0.05, 0) is 45.0 Å². The molecule has 0 amide bonds. The summed E-state index contributed by atoms with van der Waals surface area (Å²) in [6, 6.07) is 6.84. The highest BCUT2D eigenvalue weighted by atomic mass is 35.5. The Hall–Kier alpha value is -3.22. The average Bonchev–Trinajstić information content (AvgIpc) is 2.74. The number of hydrogen-bond donors (Lipinski definition) is 3. The fraction of sp³-hybridized carbons (Fsp3) is 0.350. The first-order valence-electron chi connectivity index (χ1n) is 9.69. The second-order valence-corrected chi connectivity index (χ2v) is 7.63. The molecule has 1 aliphatic heterocycles. The lowest BCUT2D eigenvalue weighted by molar-refractivity contribution is 0.347. The third kappa shape index (κ3) is 3.56. The van der Waals surface area contributed by atoms with Crippen LogP contribution in [0.25, 0.3) is 10.9 Å². The van der Waals surface area contributed by atoms with Crippen LogP contribution in [0, 0.1) is 11.3 Å². The number of rotatable bonds is 4. The van der Waals surface area contributed by atoms with Crippen molar-refractivity contribution >= 4 is 34.1 Å². The van der Waals surface area contributed by atoms with Crippen molar-refractivity contribution < 1.29 is 0 Å². The summed E-state index contributed by atoms with van der Waals surface area (Å²) in [6.45, 7) is 3.51. The second kappa shape index (κ2) is 8.26. The molecule has 3 aromatic rings. The molecule has 1 fully saturated rings. The number of halogens is 1. The van der Waals surface area contributed by atoms with Crippen LogP contribution in [0.3, 0.4) is 0 Å². The van der Waals surface area contributed by atoms with E-state index in [2.05, 4.69) is 20.6 Å². The quantitative estimate of drug-likeness (QED) is 0.581. The van der Waals surface area contributed by atoms with Gasteiger partial charge in [-0.3, -0.25) is 9.36 Å². The van der Waals surface area contributed by atoms with E-state index in [0.29, 0.717) is 27.6 Å². The molecule has 1 aromatic carbocycles. The van der Waals surface area contributed by atoms with Crippen LogP contribution in [-0.4, -0.2) is 32.6 Å². The summed E-state index contributed by atoms with van der Waals surface area (Å²) in [6.07, 6.45) is 2.90. The van der Waals surface area contributed by atoms with E-state index in [0.717, 1.165) is 25.9 Å². The zero-order valence-corrected chi connectivity index (χ0v) is 17.1. The Morgan fingerprint density at radius 1 is 1.37 bits per heavy atom. The molecule has 3 heterocycles. The predicted molar refractivity (Wildman–Crippen MR) is 115 cm³/mol. The standard InChI is InChI=1S/C20H21ClN8O/c1-11(27-18-13(9-22)17(23)25-10-26-18)19-28-15-4-2-3-14(21)16(15)20(30)29(19)12-5-7-24-8-6-12/h2-4,10-12,24H,5-8H2,1H3,(H3,23,25,26,27). The Morgan fingerprint density at radius 2 is 2.13 bits per heavy atom. The smallest absolute Gasteiger partial charge is 0.263 e. The van der Waals surface area contributed by atoms with Gasteiger partial charge in [-0.25, -0.2) is 15.0 Å². The maximum absolute atomic E-state index is 13.5. The molecule has 30 heavy (non-hydrogen) atoms. The number of benzene rings is 1. The normalized spacial score (nSPS) is 15.6. The van der Waals surface area contributed by atoms with E-state index in [1.807, 2.05) is 13.0 Å². The van der Waals surface area contributed by atoms with Crippen molar-refractivity contribution in [2.45, 2.75) is 31.8 Å². The molecular formula is C20H21ClN8O. The summed E-state index contributed by atoms with van der Waals surface area (Å²) >= 11 is 6.34. The highest BCUT2D eigenvalue weighted by Crippen LogP contribution is 2.28. The van der Waals surface area contributed by atoms with Gasteiger partial charge in [0.15, 0.2) is 0 Å². The third-order valence-corrected chi connectivity index (χ3v) is 5.62. The van der Waals surface area contributed by atoms with Crippen molar-refractivity contribution in [3.63, 3.8) is 0 Å². The van der Waals surface area contributed by atoms with E-state index >= 15 is 0 Å². The summed E-state index contributed by atoms with van der Waals surface area (Å²) in [5, 5.41) is 16.7. The zero-order valence-electron chi connectivity index (χ0n) is 16.4. The first kappa shape index (κ1) is 20.1. The van der Waals surface area contributed by atoms with Crippen molar-refractivity contribution in [2.24, 2.45) is 0 Å². The molecule has 0 radical (unpaired) electrons. The molecule has 1 saturated heterocycles. The highest BCUT2D eigenvalue weighted by Gasteiger charge is 2.25. The fourth-order valence-electron chi connectivity index (χ4n) is 3.83. The minimum Gasteiger partial charge on any atom is -0.382 e. The molecule has 0 spiro atoms. The maximum atomic E-state index is 13.5. The summed E-state index contributed by atoms with van der Waals surface area (Å²) in [4.78, 5) is 26.3. The van der Waals surface area contributed by atoms with Crippen LogP contribution >= 0.6 is 11.6 Å². The van der Waals surface area contributed by atoms with Crippen LogP contribution in [0.15, 0.2) is 29.3 Å². The summed E-state index contributed by atoms with van der Waals surface area (Å²) < 4.78 is 1.74. The maximum Gasteiger partial charge on any atom is 0.263 e. The van der Waals surface area contributed by atoms with Gasteiger partial charge in [0.2, 0.25) is 0 Å². The monoisotopic (exact) mass is 424 g/mol. The highest BCUT2D eigenvalue weighted by molar-refractivity contribution is 6.35. The molecule has 4 rings (SSSR count).